The smallest absolute Gasteiger partial charge is 0.355 e. The van der Waals surface area contributed by atoms with Gasteiger partial charge in [-0.25, -0.2) is 9.78 Å². The summed E-state index contributed by atoms with van der Waals surface area (Å²) in [6.07, 6.45) is 0. The number of aromatic nitrogens is 1. The zero-order valence-corrected chi connectivity index (χ0v) is 16.8. The normalized spacial score (nSPS) is 10.6. The Morgan fingerprint density at radius 1 is 0.926 bits per heavy atom. The van der Waals surface area contributed by atoms with Crippen molar-refractivity contribution in [2.75, 3.05) is 14.2 Å². The van der Waals surface area contributed by atoms with Gasteiger partial charge in [-0.15, -0.1) is 11.3 Å². The molecule has 0 aliphatic heterocycles. The van der Waals surface area contributed by atoms with E-state index in [1.165, 1.54) is 11.3 Å². The molecule has 140 valence electrons. The summed E-state index contributed by atoms with van der Waals surface area (Å²) in [7, 11) is 3.17. The quantitative estimate of drug-likeness (QED) is 0.460. The van der Waals surface area contributed by atoms with E-state index in [9.17, 15) is 4.79 Å². The SMILES string of the molecule is COc1ccc(-c2nc(C)c(C(=O)Oc3ccc(C)cc3C)s2)cc1OC. The Labute approximate surface area is 162 Å². The maximum absolute atomic E-state index is 12.6. The van der Waals surface area contributed by atoms with Crippen LogP contribution < -0.4 is 14.2 Å². The van der Waals surface area contributed by atoms with Crippen molar-refractivity contribution < 1.29 is 19.0 Å². The number of rotatable bonds is 5. The molecule has 0 aliphatic carbocycles. The molecule has 0 radical (unpaired) electrons. The third-order valence-corrected chi connectivity index (χ3v) is 5.33. The number of carbonyl (C=O) groups is 1. The lowest BCUT2D eigenvalue weighted by Gasteiger charge is -2.08. The van der Waals surface area contributed by atoms with Gasteiger partial charge in [-0.05, 0) is 50.6 Å². The minimum absolute atomic E-state index is 0.399. The number of aryl methyl sites for hydroxylation is 3. The molecular formula is C21H21NO4S. The molecule has 3 aromatic rings. The largest absolute Gasteiger partial charge is 0.493 e. The summed E-state index contributed by atoms with van der Waals surface area (Å²) < 4.78 is 16.2. The van der Waals surface area contributed by atoms with Crippen LogP contribution in [0.15, 0.2) is 36.4 Å². The molecule has 2 aromatic carbocycles. The first kappa shape index (κ1) is 18.9. The van der Waals surface area contributed by atoms with E-state index in [0.717, 1.165) is 21.7 Å². The van der Waals surface area contributed by atoms with Gasteiger partial charge < -0.3 is 14.2 Å². The number of carbonyl (C=O) groups excluding carboxylic acids is 1. The zero-order chi connectivity index (χ0) is 19.6. The van der Waals surface area contributed by atoms with Crippen molar-refractivity contribution in [3.05, 3.63) is 58.1 Å². The second-order valence-corrected chi connectivity index (χ2v) is 7.16. The Kier molecular flexibility index (Phi) is 5.46. The summed E-state index contributed by atoms with van der Waals surface area (Å²) in [5.74, 6) is 1.42. The van der Waals surface area contributed by atoms with Crippen LogP contribution in [0.2, 0.25) is 0 Å². The van der Waals surface area contributed by atoms with Gasteiger partial charge in [0, 0.05) is 5.56 Å². The fraction of sp³-hybridized carbons (Fsp3) is 0.238. The fourth-order valence-electron chi connectivity index (χ4n) is 2.74. The molecule has 0 fully saturated rings. The molecule has 3 rings (SSSR count). The Morgan fingerprint density at radius 2 is 1.63 bits per heavy atom. The summed E-state index contributed by atoms with van der Waals surface area (Å²) in [6, 6.07) is 11.3. The number of nitrogens with zero attached hydrogens (tertiary/aromatic N) is 1. The molecule has 0 saturated heterocycles. The summed E-state index contributed by atoms with van der Waals surface area (Å²) >= 11 is 1.30. The van der Waals surface area contributed by atoms with Crippen molar-refractivity contribution >= 4 is 17.3 Å². The minimum Gasteiger partial charge on any atom is -0.493 e. The van der Waals surface area contributed by atoms with Crippen LogP contribution in [0.5, 0.6) is 17.2 Å². The number of ether oxygens (including phenoxy) is 3. The number of hydrogen-bond acceptors (Lipinski definition) is 6. The van der Waals surface area contributed by atoms with Crippen LogP contribution in [0, 0.1) is 20.8 Å². The van der Waals surface area contributed by atoms with Crippen LogP contribution in [-0.4, -0.2) is 25.2 Å². The first-order valence-electron chi connectivity index (χ1n) is 8.42. The number of methoxy groups -OCH3 is 2. The van der Waals surface area contributed by atoms with Crippen molar-refractivity contribution in [2.24, 2.45) is 0 Å². The van der Waals surface area contributed by atoms with Crippen LogP contribution in [0.1, 0.15) is 26.5 Å². The van der Waals surface area contributed by atoms with Crippen LogP contribution in [-0.2, 0) is 0 Å². The van der Waals surface area contributed by atoms with E-state index < -0.39 is 5.97 Å². The molecule has 5 nitrogen and oxygen atoms in total. The summed E-state index contributed by atoms with van der Waals surface area (Å²) in [4.78, 5) is 17.7. The van der Waals surface area contributed by atoms with E-state index in [-0.39, 0.29) is 0 Å². The number of hydrogen-bond donors (Lipinski definition) is 0. The van der Waals surface area contributed by atoms with Gasteiger partial charge in [-0.2, -0.15) is 0 Å². The van der Waals surface area contributed by atoms with E-state index in [1.807, 2.05) is 50.2 Å². The fourth-order valence-corrected chi connectivity index (χ4v) is 3.68. The molecular weight excluding hydrogens is 362 g/mol. The van der Waals surface area contributed by atoms with Crippen molar-refractivity contribution in [2.45, 2.75) is 20.8 Å². The molecule has 27 heavy (non-hydrogen) atoms. The van der Waals surface area contributed by atoms with Crippen molar-refractivity contribution in [3.63, 3.8) is 0 Å². The van der Waals surface area contributed by atoms with Gasteiger partial charge in [0.25, 0.3) is 0 Å². The van der Waals surface area contributed by atoms with Crippen LogP contribution >= 0.6 is 11.3 Å². The maximum Gasteiger partial charge on any atom is 0.355 e. The number of benzene rings is 2. The molecule has 0 unspecified atom stereocenters. The van der Waals surface area contributed by atoms with E-state index in [1.54, 1.807) is 21.1 Å². The third-order valence-electron chi connectivity index (χ3n) is 4.15. The van der Waals surface area contributed by atoms with Gasteiger partial charge in [-0.1, -0.05) is 17.7 Å². The molecule has 0 atom stereocenters. The molecule has 0 bridgehead atoms. The zero-order valence-electron chi connectivity index (χ0n) is 16.0. The molecule has 0 aliphatic rings. The highest BCUT2D eigenvalue weighted by Crippen LogP contribution is 2.35. The Hall–Kier alpha value is -2.86. The Balaban J connectivity index is 1.89. The van der Waals surface area contributed by atoms with Crippen molar-refractivity contribution in [3.8, 4) is 27.8 Å². The van der Waals surface area contributed by atoms with E-state index in [4.69, 9.17) is 14.2 Å². The van der Waals surface area contributed by atoms with Gasteiger partial charge in [0.05, 0.1) is 19.9 Å². The molecule has 6 heteroatoms. The summed E-state index contributed by atoms with van der Waals surface area (Å²) in [5.41, 5.74) is 3.54. The lowest BCUT2D eigenvalue weighted by molar-refractivity contribution is 0.0737. The lowest BCUT2D eigenvalue weighted by atomic mass is 10.1. The maximum atomic E-state index is 12.6. The van der Waals surface area contributed by atoms with Crippen LogP contribution in [0.4, 0.5) is 0 Å². The standard InChI is InChI=1S/C21H21NO4S/c1-12-6-8-16(13(2)10-12)26-21(23)19-14(3)22-20(27-19)15-7-9-17(24-4)18(11-15)25-5/h6-11H,1-5H3. The second-order valence-electron chi connectivity index (χ2n) is 6.16. The first-order chi connectivity index (χ1) is 12.9. The van der Waals surface area contributed by atoms with E-state index in [0.29, 0.717) is 27.8 Å². The number of thiazole rings is 1. The highest BCUT2D eigenvalue weighted by atomic mass is 32.1. The summed E-state index contributed by atoms with van der Waals surface area (Å²) in [6.45, 7) is 5.73. The molecule has 1 heterocycles. The summed E-state index contributed by atoms with van der Waals surface area (Å²) in [5, 5.41) is 0.723. The molecule has 0 spiro atoms. The average molecular weight is 383 g/mol. The molecule has 0 N–H and O–H groups in total. The lowest BCUT2D eigenvalue weighted by Crippen LogP contribution is -2.09. The minimum atomic E-state index is -0.399. The van der Waals surface area contributed by atoms with Gasteiger partial charge in [-0.3, -0.25) is 0 Å². The van der Waals surface area contributed by atoms with Crippen molar-refractivity contribution in [1.82, 2.24) is 4.98 Å². The number of esters is 1. The topological polar surface area (TPSA) is 57.7 Å². The van der Waals surface area contributed by atoms with Gasteiger partial charge in [0.15, 0.2) is 11.5 Å². The van der Waals surface area contributed by atoms with E-state index >= 15 is 0 Å². The van der Waals surface area contributed by atoms with E-state index in [2.05, 4.69) is 4.98 Å². The molecule has 0 saturated carbocycles. The van der Waals surface area contributed by atoms with Gasteiger partial charge in [0.2, 0.25) is 0 Å². The highest BCUT2D eigenvalue weighted by Gasteiger charge is 2.20. The van der Waals surface area contributed by atoms with Crippen LogP contribution in [0.25, 0.3) is 10.6 Å². The average Bonchev–Trinajstić information content (AvgIpc) is 3.05. The highest BCUT2D eigenvalue weighted by molar-refractivity contribution is 7.17. The monoisotopic (exact) mass is 383 g/mol. The van der Waals surface area contributed by atoms with Gasteiger partial charge in [0.1, 0.15) is 15.6 Å². The first-order valence-corrected chi connectivity index (χ1v) is 9.24. The predicted octanol–water partition coefficient (Wildman–Crippen LogP) is 4.97. The third kappa shape index (κ3) is 3.95. The molecule has 1 aromatic heterocycles. The second kappa shape index (κ2) is 7.80. The molecule has 0 amide bonds. The van der Waals surface area contributed by atoms with Crippen LogP contribution in [0.3, 0.4) is 0 Å². The van der Waals surface area contributed by atoms with Crippen molar-refractivity contribution in [1.29, 1.82) is 0 Å². The Bertz CT molecular complexity index is 994. The van der Waals surface area contributed by atoms with Gasteiger partial charge >= 0.3 is 5.97 Å². The Morgan fingerprint density at radius 3 is 2.30 bits per heavy atom. The predicted molar refractivity (Wildman–Crippen MR) is 106 cm³/mol.